The van der Waals surface area contributed by atoms with E-state index < -0.39 is 4.92 Å². The Morgan fingerprint density at radius 2 is 2.41 bits per heavy atom. The molecule has 0 saturated heterocycles. The molecule has 1 N–H and O–H groups in total. The minimum Gasteiger partial charge on any atom is -0.472 e. The summed E-state index contributed by atoms with van der Waals surface area (Å²) < 4.78 is 5.26. The predicted molar refractivity (Wildman–Crippen MR) is 65.4 cm³/mol. The second kappa shape index (κ2) is 6.47. The Morgan fingerprint density at radius 3 is 3.00 bits per heavy atom. The molecule has 0 spiro atoms. The highest BCUT2D eigenvalue weighted by molar-refractivity contribution is 5.49. The molecule has 1 aromatic rings. The highest BCUT2D eigenvalue weighted by Crippen LogP contribution is 2.26. The van der Waals surface area contributed by atoms with E-state index in [1.807, 2.05) is 6.92 Å². The van der Waals surface area contributed by atoms with Crippen LogP contribution in [0.2, 0.25) is 0 Å². The molecule has 0 amide bonds. The van der Waals surface area contributed by atoms with E-state index in [0.717, 1.165) is 0 Å². The van der Waals surface area contributed by atoms with Crippen molar-refractivity contribution in [3.8, 4) is 5.88 Å². The van der Waals surface area contributed by atoms with Gasteiger partial charge in [0.25, 0.3) is 5.88 Å². The molecule has 0 fully saturated rings. The van der Waals surface area contributed by atoms with E-state index in [9.17, 15) is 10.1 Å². The molecule has 0 aliphatic carbocycles. The third-order valence-electron chi connectivity index (χ3n) is 1.96. The number of aromatic nitrogens is 1. The Labute approximate surface area is 99.5 Å². The Hall–Kier alpha value is -2.11. The topological polar surface area (TPSA) is 77.3 Å². The number of anilines is 1. The van der Waals surface area contributed by atoms with Gasteiger partial charge >= 0.3 is 5.69 Å². The summed E-state index contributed by atoms with van der Waals surface area (Å²) in [4.78, 5) is 14.3. The van der Waals surface area contributed by atoms with Gasteiger partial charge in [-0.1, -0.05) is 6.08 Å². The summed E-state index contributed by atoms with van der Waals surface area (Å²) >= 11 is 0. The maximum atomic E-state index is 10.8. The highest BCUT2D eigenvalue weighted by atomic mass is 16.6. The fourth-order valence-electron chi connectivity index (χ4n) is 1.20. The first-order chi connectivity index (χ1) is 8.19. The van der Waals surface area contributed by atoms with Crippen molar-refractivity contribution in [1.29, 1.82) is 0 Å². The van der Waals surface area contributed by atoms with Gasteiger partial charge in [0.15, 0.2) is 0 Å². The average molecular weight is 237 g/mol. The fourth-order valence-corrected chi connectivity index (χ4v) is 1.20. The lowest BCUT2D eigenvalue weighted by Gasteiger charge is -2.07. The summed E-state index contributed by atoms with van der Waals surface area (Å²) in [6.45, 7) is 6.49. The standard InChI is InChI=1S/C11H15N3O3/c1-3-5-8-17-11-9(14(15)16)6-7-10(13-11)12-4-2/h3,6-7H,1,4-5,8H2,2H3,(H,12,13). The summed E-state index contributed by atoms with van der Waals surface area (Å²) in [6, 6.07) is 2.94. The number of hydrogen-bond donors (Lipinski definition) is 1. The van der Waals surface area contributed by atoms with Gasteiger partial charge in [0.05, 0.1) is 11.5 Å². The zero-order valence-electron chi connectivity index (χ0n) is 9.68. The summed E-state index contributed by atoms with van der Waals surface area (Å²) in [5.41, 5.74) is -0.129. The lowest BCUT2D eigenvalue weighted by Crippen LogP contribution is -2.05. The van der Waals surface area contributed by atoms with Crippen LogP contribution >= 0.6 is 0 Å². The van der Waals surface area contributed by atoms with E-state index >= 15 is 0 Å². The lowest BCUT2D eigenvalue weighted by molar-refractivity contribution is -0.386. The lowest BCUT2D eigenvalue weighted by atomic mass is 10.4. The van der Waals surface area contributed by atoms with Gasteiger partial charge in [0.2, 0.25) is 0 Å². The smallest absolute Gasteiger partial charge is 0.331 e. The van der Waals surface area contributed by atoms with Crippen molar-refractivity contribution in [3.63, 3.8) is 0 Å². The van der Waals surface area contributed by atoms with Gasteiger partial charge in [-0.25, -0.2) is 0 Å². The Morgan fingerprint density at radius 1 is 1.65 bits per heavy atom. The van der Waals surface area contributed by atoms with Crippen molar-refractivity contribution in [2.75, 3.05) is 18.5 Å². The highest BCUT2D eigenvalue weighted by Gasteiger charge is 2.17. The molecule has 0 unspecified atom stereocenters. The van der Waals surface area contributed by atoms with E-state index in [1.54, 1.807) is 12.1 Å². The van der Waals surface area contributed by atoms with Crippen molar-refractivity contribution in [2.24, 2.45) is 0 Å². The average Bonchev–Trinajstić information content (AvgIpc) is 2.30. The molecule has 1 heterocycles. The van der Waals surface area contributed by atoms with Gasteiger partial charge in [-0.15, -0.1) is 6.58 Å². The van der Waals surface area contributed by atoms with Gasteiger partial charge in [-0.2, -0.15) is 4.98 Å². The van der Waals surface area contributed by atoms with Crippen LogP contribution in [0.5, 0.6) is 5.88 Å². The minimum absolute atomic E-state index is 0.0373. The molecule has 17 heavy (non-hydrogen) atoms. The maximum Gasteiger partial charge on any atom is 0.331 e. The van der Waals surface area contributed by atoms with Crippen molar-refractivity contribution in [1.82, 2.24) is 4.98 Å². The van der Waals surface area contributed by atoms with Crippen molar-refractivity contribution >= 4 is 11.5 Å². The number of ether oxygens (including phenoxy) is 1. The summed E-state index contributed by atoms with van der Waals surface area (Å²) in [6.07, 6.45) is 2.30. The molecule has 0 aromatic carbocycles. The largest absolute Gasteiger partial charge is 0.472 e. The molecule has 0 radical (unpaired) electrons. The van der Waals surface area contributed by atoms with Crippen LogP contribution in [-0.2, 0) is 0 Å². The van der Waals surface area contributed by atoms with E-state index in [4.69, 9.17) is 4.74 Å². The van der Waals surface area contributed by atoms with Crippen LogP contribution in [0.4, 0.5) is 11.5 Å². The normalized spacial score (nSPS) is 9.71. The second-order valence-electron chi connectivity index (χ2n) is 3.23. The number of hydrogen-bond acceptors (Lipinski definition) is 5. The Balaban J connectivity index is 2.89. The van der Waals surface area contributed by atoms with E-state index in [1.165, 1.54) is 6.07 Å². The Bertz CT molecular complexity index is 407. The van der Waals surface area contributed by atoms with Crippen LogP contribution in [0, 0.1) is 10.1 Å². The van der Waals surface area contributed by atoms with Crippen LogP contribution in [0.15, 0.2) is 24.8 Å². The molecule has 0 saturated carbocycles. The number of nitrogens with zero attached hydrogens (tertiary/aromatic N) is 2. The number of rotatable bonds is 7. The predicted octanol–water partition coefficient (Wildman–Crippen LogP) is 2.38. The van der Waals surface area contributed by atoms with Gasteiger partial charge in [-0.3, -0.25) is 10.1 Å². The third kappa shape index (κ3) is 3.75. The monoisotopic (exact) mass is 237 g/mol. The fraction of sp³-hybridized carbons (Fsp3) is 0.364. The quantitative estimate of drug-likeness (QED) is 0.341. The maximum absolute atomic E-state index is 10.8. The zero-order chi connectivity index (χ0) is 12.7. The SMILES string of the molecule is C=CCCOc1nc(NCC)ccc1[N+](=O)[O-]. The molecular formula is C11H15N3O3. The van der Waals surface area contributed by atoms with Crippen LogP contribution < -0.4 is 10.1 Å². The third-order valence-corrected chi connectivity index (χ3v) is 1.96. The molecule has 0 atom stereocenters. The number of nitro groups is 1. The first kappa shape index (κ1) is 13.0. The number of pyridine rings is 1. The first-order valence-electron chi connectivity index (χ1n) is 5.32. The van der Waals surface area contributed by atoms with Crippen molar-refractivity contribution < 1.29 is 9.66 Å². The number of nitrogens with one attached hydrogen (secondary N) is 1. The zero-order valence-corrected chi connectivity index (χ0v) is 9.68. The summed E-state index contributed by atoms with van der Waals surface area (Å²) in [5, 5.41) is 13.7. The van der Waals surface area contributed by atoms with Crippen LogP contribution in [0.3, 0.4) is 0 Å². The second-order valence-corrected chi connectivity index (χ2v) is 3.23. The molecule has 1 rings (SSSR count). The van der Waals surface area contributed by atoms with Crippen molar-refractivity contribution in [3.05, 3.63) is 34.9 Å². The summed E-state index contributed by atoms with van der Waals surface area (Å²) in [5.74, 6) is 0.599. The molecule has 0 aliphatic rings. The van der Waals surface area contributed by atoms with Crippen LogP contribution in [0.25, 0.3) is 0 Å². The van der Waals surface area contributed by atoms with Crippen LogP contribution in [-0.4, -0.2) is 23.1 Å². The van der Waals surface area contributed by atoms with Gasteiger partial charge in [-0.05, 0) is 19.4 Å². The molecule has 6 nitrogen and oxygen atoms in total. The van der Waals surface area contributed by atoms with Gasteiger partial charge in [0, 0.05) is 12.6 Å². The molecule has 0 bridgehead atoms. The molecule has 6 heteroatoms. The molecule has 92 valence electrons. The van der Waals surface area contributed by atoms with Gasteiger partial charge < -0.3 is 10.1 Å². The Kier molecular flexibility index (Phi) is 4.93. The van der Waals surface area contributed by atoms with Crippen molar-refractivity contribution in [2.45, 2.75) is 13.3 Å². The van der Waals surface area contributed by atoms with Crippen LogP contribution in [0.1, 0.15) is 13.3 Å². The van der Waals surface area contributed by atoms with Gasteiger partial charge in [0.1, 0.15) is 5.82 Å². The minimum atomic E-state index is -0.508. The van der Waals surface area contributed by atoms with E-state index in [-0.39, 0.29) is 11.6 Å². The molecule has 1 aromatic heterocycles. The van der Waals surface area contributed by atoms with E-state index in [2.05, 4.69) is 16.9 Å². The molecular weight excluding hydrogens is 222 g/mol. The summed E-state index contributed by atoms with van der Waals surface area (Å²) in [7, 11) is 0. The molecule has 0 aliphatic heterocycles. The van der Waals surface area contributed by atoms with E-state index in [0.29, 0.717) is 25.4 Å². The first-order valence-corrected chi connectivity index (χ1v) is 5.32.